The number of thioether (sulfide) groups is 1. The zero-order valence-electron chi connectivity index (χ0n) is 20.5. The highest BCUT2D eigenvalue weighted by Crippen LogP contribution is 2.38. The standard InChI is InChI=1S/C27H20Cl3IN2O4S2/c1-3-36-22-10-15(9-21(31)24(22)37-13-16-5-6-17(28)12-19(16)29)11-23-26(35)33(27(38)39-23)32-25(34)18-7-4-14(2)8-20(18)30/h4-12H,3,13H2,1-2H3,(H,32,34)/b23-11+. The number of ether oxygens (including phenoxy) is 2. The van der Waals surface area contributed by atoms with Gasteiger partial charge in [0.05, 0.1) is 25.7 Å². The number of nitrogens with one attached hydrogen (secondary N) is 1. The Morgan fingerprint density at radius 1 is 1.10 bits per heavy atom. The van der Waals surface area contributed by atoms with Crippen LogP contribution in [0.1, 0.15) is 34.0 Å². The van der Waals surface area contributed by atoms with Crippen molar-refractivity contribution in [2.45, 2.75) is 20.5 Å². The van der Waals surface area contributed by atoms with Crippen LogP contribution in [0.2, 0.25) is 15.1 Å². The van der Waals surface area contributed by atoms with E-state index in [0.717, 1.165) is 31.5 Å². The van der Waals surface area contributed by atoms with Gasteiger partial charge in [-0.25, -0.2) is 0 Å². The van der Waals surface area contributed by atoms with Gasteiger partial charge in [-0.2, -0.15) is 5.01 Å². The number of hydrogen-bond donors (Lipinski definition) is 1. The van der Waals surface area contributed by atoms with Gasteiger partial charge in [0, 0.05) is 15.6 Å². The quantitative estimate of drug-likeness (QED) is 0.144. The zero-order valence-corrected chi connectivity index (χ0v) is 26.6. The van der Waals surface area contributed by atoms with Crippen LogP contribution in [0.5, 0.6) is 11.5 Å². The minimum Gasteiger partial charge on any atom is -0.490 e. The molecule has 0 aliphatic carbocycles. The van der Waals surface area contributed by atoms with E-state index in [1.807, 2.05) is 19.9 Å². The lowest BCUT2D eigenvalue weighted by Gasteiger charge is -2.16. The molecule has 1 aliphatic heterocycles. The molecule has 12 heteroatoms. The van der Waals surface area contributed by atoms with Gasteiger partial charge in [-0.1, -0.05) is 58.7 Å². The fourth-order valence-corrected chi connectivity index (χ4v) is 6.29. The molecule has 39 heavy (non-hydrogen) atoms. The molecule has 1 aliphatic rings. The number of carbonyl (C=O) groups excluding carboxylic acids is 2. The minimum absolute atomic E-state index is 0.197. The maximum absolute atomic E-state index is 13.1. The Morgan fingerprint density at radius 2 is 1.87 bits per heavy atom. The monoisotopic (exact) mass is 732 g/mol. The predicted octanol–water partition coefficient (Wildman–Crippen LogP) is 8.08. The number of amides is 2. The summed E-state index contributed by atoms with van der Waals surface area (Å²) in [6.07, 6.45) is 1.69. The molecule has 1 N–H and O–H groups in total. The first-order valence-corrected chi connectivity index (χ1v) is 14.9. The second-order valence-corrected chi connectivity index (χ2v) is 12.3. The van der Waals surface area contributed by atoms with Crippen LogP contribution in [0, 0.1) is 10.5 Å². The predicted molar refractivity (Wildman–Crippen MR) is 170 cm³/mol. The van der Waals surface area contributed by atoms with Gasteiger partial charge in [-0.15, -0.1) is 0 Å². The summed E-state index contributed by atoms with van der Waals surface area (Å²) in [4.78, 5) is 26.2. The first-order valence-electron chi connectivity index (χ1n) is 11.5. The van der Waals surface area contributed by atoms with Crippen molar-refractivity contribution < 1.29 is 19.1 Å². The van der Waals surface area contributed by atoms with Crippen LogP contribution < -0.4 is 14.9 Å². The Morgan fingerprint density at radius 3 is 2.56 bits per heavy atom. The molecule has 0 aromatic heterocycles. The maximum atomic E-state index is 13.1. The highest BCUT2D eigenvalue weighted by molar-refractivity contribution is 14.1. The average molecular weight is 734 g/mol. The van der Waals surface area contributed by atoms with E-state index in [-0.39, 0.29) is 21.5 Å². The highest BCUT2D eigenvalue weighted by atomic mass is 127. The third-order valence-corrected chi connectivity index (χ3v) is 8.40. The summed E-state index contributed by atoms with van der Waals surface area (Å²) in [5.41, 5.74) is 5.19. The molecule has 0 unspecified atom stereocenters. The third-order valence-electron chi connectivity index (χ3n) is 5.39. The third kappa shape index (κ3) is 7.20. The average Bonchev–Trinajstić information content (AvgIpc) is 3.12. The summed E-state index contributed by atoms with van der Waals surface area (Å²) in [6.45, 7) is 4.36. The van der Waals surface area contributed by atoms with Crippen LogP contribution >= 0.6 is 81.4 Å². The van der Waals surface area contributed by atoms with Crippen molar-refractivity contribution in [3.05, 3.63) is 94.3 Å². The molecule has 1 heterocycles. The van der Waals surface area contributed by atoms with Crippen molar-refractivity contribution in [2.24, 2.45) is 0 Å². The molecule has 3 aromatic rings. The van der Waals surface area contributed by atoms with Crippen LogP contribution in [0.3, 0.4) is 0 Å². The molecule has 0 bridgehead atoms. The Kier molecular flexibility index (Phi) is 10.1. The van der Waals surface area contributed by atoms with Crippen molar-refractivity contribution in [1.82, 2.24) is 10.4 Å². The second kappa shape index (κ2) is 13.1. The number of thiocarbonyl (C=S) groups is 1. The van der Waals surface area contributed by atoms with Gasteiger partial charge in [-0.3, -0.25) is 15.0 Å². The molecule has 4 rings (SSSR count). The van der Waals surface area contributed by atoms with Gasteiger partial charge < -0.3 is 9.47 Å². The largest absolute Gasteiger partial charge is 0.490 e. The Bertz CT molecular complexity index is 1520. The first-order chi connectivity index (χ1) is 18.6. The fourth-order valence-electron chi connectivity index (χ4n) is 3.54. The van der Waals surface area contributed by atoms with Gasteiger partial charge in [0.2, 0.25) is 0 Å². The number of rotatable bonds is 8. The number of carbonyl (C=O) groups is 2. The summed E-state index contributed by atoms with van der Waals surface area (Å²) in [7, 11) is 0. The molecule has 3 aromatic carbocycles. The van der Waals surface area contributed by atoms with Crippen LogP contribution in [0.25, 0.3) is 6.08 Å². The van der Waals surface area contributed by atoms with E-state index >= 15 is 0 Å². The van der Waals surface area contributed by atoms with Crippen molar-refractivity contribution >= 4 is 104 Å². The van der Waals surface area contributed by atoms with E-state index < -0.39 is 11.8 Å². The molecule has 2 amide bonds. The molecule has 0 spiro atoms. The van der Waals surface area contributed by atoms with E-state index in [1.165, 1.54) is 0 Å². The van der Waals surface area contributed by atoms with E-state index in [4.69, 9.17) is 56.5 Å². The smallest absolute Gasteiger partial charge is 0.285 e. The molecule has 0 saturated carbocycles. The Hall–Kier alpha value is -2.02. The molecule has 202 valence electrons. The summed E-state index contributed by atoms with van der Waals surface area (Å²) < 4.78 is 12.9. The lowest BCUT2D eigenvalue weighted by atomic mass is 10.1. The van der Waals surface area contributed by atoms with Gasteiger partial charge in [-0.05, 0) is 102 Å². The van der Waals surface area contributed by atoms with E-state index in [2.05, 4.69) is 28.0 Å². The normalized spacial score (nSPS) is 14.2. The molecule has 6 nitrogen and oxygen atoms in total. The van der Waals surface area contributed by atoms with Gasteiger partial charge >= 0.3 is 0 Å². The number of hydrazine groups is 1. The number of nitrogens with zero attached hydrogens (tertiary/aromatic N) is 1. The number of benzene rings is 3. The van der Waals surface area contributed by atoms with Crippen LogP contribution in [-0.4, -0.2) is 27.8 Å². The van der Waals surface area contributed by atoms with Crippen molar-refractivity contribution in [1.29, 1.82) is 0 Å². The fraction of sp³-hybridized carbons (Fsp3) is 0.148. The van der Waals surface area contributed by atoms with Gasteiger partial charge in [0.1, 0.15) is 6.61 Å². The Balaban J connectivity index is 1.54. The summed E-state index contributed by atoms with van der Waals surface area (Å²) >= 11 is 27.1. The van der Waals surface area contributed by atoms with Gasteiger partial charge in [0.15, 0.2) is 15.8 Å². The lowest BCUT2D eigenvalue weighted by molar-refractivity contribution is -0.123. The lowest BCUT2D eigenvalue weighted by Crippen LogP contribution is -2.44. The molecule has 1 saturated heterocycles. The van der Waals surface area contributed by atoms with E-state index in [0.29, 0.717) is 38.6 Å². The summed E-state index contributed by atoms with van der Waals surface area (Å²) in [5, 5.41) is 2.38. The topological polar surface area (TPSA) is 67.9 Å². The molecule has 0 radical (unpaired) electrons. The number of halogens is 4. The van der Waals surface area contributed by atoms with Gasteiger partial charge in [0.25, 0.3) is 11.8 Å². The number of aryl methyl sites for hydroxylation is 1. The van der Waals surface area contributed by atoms with Crippen LogP contribution in [0.4, 0.5) is 0 Å². The van der Waals surface area contributed by atoms with Crippen molar-refractivity contribution in [2.75, 3.05) is 6.61 Å². The van der Waals surface area contributed by atoms with Crippen molar-refractivity contribution in [3.8, 4) is 11.5 Å². The van der Waals surface area contributed by atoms with E-state index in [1.54, 1.807) is 48.5 Å². The molecular formula is C27H20Cl3IN2O4S2. The van der Waals surface area contributed by atoms with Crippen LogP contribution in [0.15, 0.2) is 53.4 Å². The van der Waals surface area contributed by atoms with Crippen molar-refractivity contribution in [3.63, 3.8) is 0 Å². The SMILES string of the molecule is CCOc1cc(/C=C2/SC(=S)N(NC(=O)c3ccc(C)cc3Cl)C2=O)cc(I)c1OCc1ccc(Cl)cc1Cl. The molecule has 1 fully saturated rings. The highest BCUT2D eigenvalue weighted by Gasteiger charge is 2.34. The van der Waals surface area contributed by atoms with Crippen LogP contribution in [-0.2, 0) is 11.4 Å². The second-order valence-electron chi connectivity index (χ2n) is 8.23. The maximum Gasteiger partial charge on any atom is 0.285 e. The molecule has 0 atom stereocenters. The number of hydrogen-bond acceptors (Lipinski definition) is 6. The first kappa shape index (κ1) is 30.0. The van der Waals surface area contributed by atoms with E-state index in [9.17, 15) is 9.59 Å². The molecular weight excluding hydrogens is 714 g/mol. The zero-order chi connectivity index (χ0) is 28.3. The summed E-state index contributed by atoms with van der Waals surface area (Å²) in [5.74, 6) is 0.0780. The summed E-state index contributed by atoms with van der Waals surface area (Å²) in [6, 6.07) is 13.9. The minimum atomic E-state index is -0.534. The Labute approximate surface area is 264 Å².